The van der Waals surface area contributed by atoms with Crippen LogP contribution in [-0.2, 0) is 20.9 Å². The van der Waals surface area contributed by atoms with Crippen molar-refractivity contribution >= 4 is 11.9 Å². The fourth-order valence-electron chi connectivity index (χ4n) is 2.70. The second-order valence-corrected chi connectivity index (χ2v) is 5.32. The molecule has 20 heavy (non-hydrogen) atoms. The van der Waals surface area contributed by atoms with Gasteiger partial charge in [-0.15, -0.1) is 0 Å². The zero-order valence-electron chi connectivity index (χ0n) is 11.8. The van der Waals surface area contributed by atoms with E-state index in [4.69, 9.17) is 4.74 Å². The van der Waals surface area contributed by atoms with Crippen molar-refractivity contribution in [3.8, 4) is 0 Å². The van der Waals surface area contributed by atoms with E-state index in [0.717, 1.165) is 31.2 Å². The van der Waals surface area contributed by atoms with Crippen LogP contribution in [-0.4, -0.2) is 17.9 Å². The van der Waals surface area contributed by atoms with E-state index in [1.165, 1.54) is 6.92 Å². The van der Waals surface area contributed by atoms with Crippen molar-refractivity contribution in [2.24, 2.45) is 5.92 Å². The van der Waals surface area contributed by atoms with E-state index in [-0.39, 0.29) is 24.4 Å². The summed E-state index contributed by atoms with van der Waals surface area (Å²) in [5.41, 5.74) is 0.953. The molecule has 108 valence electrons. The molecular weight excluding hydrogens is 254 g/mol. The first-order valence-electron chi connectivity index (χ1n) is 7.14. The van der Waals surface area contributed by atoms with Gasteiger partial charge in [0.25, 0.3) is 0 Å². The number of benzene rings is 1. The molecule has 0 aliphatic heterocycles. The van der Waals surface area contributed by atoms with Crippen LogP contribution in [0.2, 0.25) is 0 Å². The average Bonchev–Trinajstić information content (AvgIpc) is 2.97. The predicted octanol–water partition coefficient (Wildman–Crippen LogP) is 2.42. The summed E-state index contributed by atoms with van der Waals surface area (Å²) in [6.07, 6.45) is 4.19. The molecular formula is C16H21NO3. The van der Waals surface area contributed by atoms with E-state index in [1.807, 2.05) is 30.3 Å². The summed E-state index contributed by atoms with van der Waals surface area (Å²) >= 11 is 0. The van der Waals surface area contributed by atoms with Crippen molar-refractivity contribution in [1.82, 2.24) is 5.32 Å². The first kappa shape index (κ1) is 14.6. The average molecular weight is 275 g/mol. The number of hydrogen-bond acceptors (Lipinski definition) is 3. The van der Waals surface area contributed by atoms with Gasteiger partial charge in [0.2, 0.25) is 5.91 Å². The summed E-state index contributed by atoms with van der Waals surface area (Å²) in [6.45, 7) is 1.69. The third-order valence-corrected chi connectivity index (χ3v) is 3.71. The van der Waals surface area contributed by atoms with Crippen LogP contribution in [0.15, 0.2) is 30.3 Å². The third-order valence-electron chi connectivity index (χ3n) is 3.71. The molecule has 4 heteroatoms. The second kappa shape index (κ2) is 7.08. The number of rotatable bonds is 5. The molecule has 1 fully saturated rings. The standard InChI is InChI=1S/C16H21NO3/c1-12(18)17-15(14-9-5-6-10-14)16(19)20-11-13-7-3-2-4-8-13/h2-4,7-8,14-15H,5-6,9-11H2,1H3,(H,17,18)/t15-/m0/s1. The molecule has 1 aliphatic carbocycles. The number of amides is 1. The minimum atomic E-state index is -0.501. The molecule has 1 atom stereocenters. The third kappa shape index (κ3) is 4.08. The first-order valence-corrected chi connectivity index (χ1v) is 7.14. The van der Waals surface area contributed by atoms with Crippen molar-refractivity contribution in [1.29, 1.82) is 0 Å². The number of carbonyl (C=O) groups excluding carboxylic acids is 2. The van der Waals surface area contributed by atoms with Gasteiger partial charge >= 0.3 is 5.97 Å². The maximum absolute atomic E-state index is 12.2. The number of carbonyl (C=O) groups is 2. The molecule has 1 N–H and O–H groups in total. The van der Waals surface area contributed by atoms with Crippen LogP contribution in [0.5, 0.6) is 0 Å². The van der Waals surface area contributed by atoms with Gasteiger partial charge in [0.15, 0.2) is 0 Å². The van der Waals surface area contributed by atoms with Crippen LogP contribution >= 0.6 is 0 Å². The highest BCUT2D eigenvalue weighted by Crippen LogP contribution is 2.28. The van der Waals surface area contributed by atoms with Crippen LogP contribution in [0, 0.1) is 5.92 Å². The van der Waals surface area contributed by atoms with E-state index in [9.17, 15) is 9.59 Å². The maximum atomic E-state index is 12.2. The topological polar surface area (TPSA) is 55.4 Å². The summed E-state index contributed by atoms with van der Waals surface area (Å²) in [6, 6.07) is 9.06. The smallest absolute Gasteiger partial charge is 0.329 e. The fraction of sp³-hybridized carbons (Fsp3) is 0.500. The second-order valence-electron chi connectivity index (χ2n) is 5.32. The van der Waals surface area contributed by atoms with Gasteiger partial charge < -0.3 is 10.1 Å². The molecule has 0 spiro atoms. The van der Waals surface area contributed by atoms with Crippen LogP contribution in [0.3, 0.4) is 0 Å². The van der Waals surface area contributed by atoms with Crippen molar-refractivity contribution in [3.05, 3.63) is 35.9 Å². The Morgan fingerprint density at radius 2 is 1.90 bits per heavy atom. The molecule has 1 aromatic carbocycles. The molecule has 0 unspecified atom stereocenters. The molecule has 0 saturated heterocycles. The minimum absolute atomic E-state index is 0.182. The Hall–Kier alpha value is -1.84. The molecule has 0 bridgehead atoms. The Bertz CT molecular complexity index is 452. The molecule has 1 aliphatic rings. The van der Waals surface area contributed by atoms with E-state index in [0.29, 0.717) is 0 Å². The largest absolute Gasteiger partial charge is 0.459 e. The van der Waals surface area contributed by atoms with Gasteiger partial charge in [-0.2, -0.15) is 0 Å². The summed E-state index contributed by atoms with van der Waals surface area (Å²) in [4.78, 5) is 23.5. The zero-order valence-corrected chi connectivity index (χ0v) is 11.8. The number of ether oxygens (including phenoxy) is 1. The van der Waals surface area contributed by atoms with Crippen LogP contribution in [0.1, 0.15) is 38.2 Å². The quantitative estimate of drug-likeness (QED) is 0.840. The molecule has 1 amide bonds. The van der Waals surface area contributed by atoms with Crippen molar-refractivity contribution in [2.45, 2.75) is 45.3 Å². The van der Waals surface area contributed by atoms with Crippen molar-refractivity contribution in [3.63, 3.8) is 0 Å². The highest BCUT2D eigenvalue weighted by atomic mass is 16.5. The summed E-state index contributed by atoms with van der Waals surface area (Å²) in [5.74, 6) is -0.295. The Morgan fingerprint density at radius 1 is 1.25 bits per heavy atom. The molecule has 1 saturated carbocycles. The number of hydrogen-bond donors (Lipinski definition) is 1. The first-order chi connectivity index (χ1) is 9.66. The number of esters is 1. The van der Waals surface area contributed by atoms with E-state index in [2.05, 4.69) is 5.32 Å². The highest BCUT2D eigenvalue weighted by molar-refractivity contribution is 5.83. The van der Waals surface area contributed by atoms with Gasteiger partial charge in [0, 0.05) is 6.92 Å². The minimum Gasteiger partial charge on any atom is -0.459 e. The monoisotopic (exact) mass is 275 g/mol. The Morgan fingerprint density at radius 3 is 2.50 bits per heavy atom. The van der Waals surface area contributed by atoms with Crippen molar-refractivity contribution in [2.75, 3.05) is 0 Å². The normalized spacial score (nSPS) is 16.6. The zero-order chi connectivity index (χ0) is 14.4. The Balaban J connectivity index is 1.93. The van der Waals surface area contributed by atoms with Gasteiger partial charge in [0.05, 0.1) is 0 Å². The van der Waals surface area contributed by atoms with E-state index < -0.39 is 6.04 Å². The lowest BCUT2D eigenvalue weighted by Gasteiger charge is -2.22. The van der Waals surface area contributed by atoms with E-state index in [1.54, 1.807) is 0 Å². The SMILES string of the molecule is CC(=O)N[C@H](C(=O)OCc1ccccc1)C1CCCC1. The molecule has 1 aromatic rings. The Kier molecular flexibility index (Phi) is 5.16. The summed E-state index contributed by atoms with van der Waals surface area (Å²) < 4.78 is 5.35. The summed E-state index contributed by atoms with van der Waals surface area (Å²) in [5, 5.41) is 2.74. The molecule has 0 heterocycles. The van der Waals surface area contributed by atoms with Crippen LogP contribution < -0.4 is 5.32 Å². The lowest BCUT2D eigenvalue weighted by atomic mass is 9.98. The fourth-order valence-corrected chi connectivity index (χ4v) is 2.70. The van der Waals surface area contributed by atoms with Crippen LogP contribution in [0.25, 0.3) is 0 Å². The van der Waals surface area contributed by atoms with E-state index >= 15 is 0 Å². The van der Waals surface area contributed by atoms with Crippen molar-refractivity contribution < 1.29 is 14.3 Å². The number of nitrogens with one attached hydrogen (secondary N) is 1. The predicted molar refractivity (Wildman–Crippen MR) is 75.8 cm³/mol. The highest BCUT2D eigenvalue weighted by Gasteiger charge is 2.32. The molecule has 0 radical (unpaired) electrons. The van der Waals surface area contributed by atoms with Gasteiger partial charge in [-0.05, 0) is 24.3 Å². The van der Waals surface area contributed by atoms with Gasteiger partial charge in [-0.3, -0.25) is 4.79 Å². The Labute approximate surface area is 119 Å². The molecule has 2 rings (SSSR count). The van der Waals surface area contributed by atoms with Gasteiger partial charge in [0.1, 0.15) is 12.6 Å². The lowest BCUT2D eigenvalue weighted by Crippen LogP contribution is -2.45. The lowest BCUT2D eigenvalue weighted by molar-refractivity contribution is -0.150. The molecule has 4 nitrogen and oxygen atoms in total. The van der Waals surface area contributed by atoms with Gasteiger partial charge in [-0.25, -0.2) is 4.79 Å². The van der Waals surface area contributed by atoms with Crippen LogP contribution in [0.4, 0.5) is 0 Å². The summed E-state index contributed by atoms with van der Waals surface area (Å²) in [7, 11) is 0. The maximum Gasteiger partial charge on any atom is 0.329 e. The van der Waals surface area contributed by atoms with Gasteiger partial charge in [-0.1, -0.05) is 43.2 Å². The molecule has 0 aromatic heterocycles.